The molecule has 4 nitrogen and oxygen atoms in total. The van der Waals surface area contributed by atoms with Crippen molar-refractivity contribution in [3.05, 3.63) is 0 Å². The van der Waals surface area contributed by atoms with Gasteiger partial charge in [-0.1, -0.05) is 13.8 Å². The zero-order chi connectivity index (χ0) is 11.5. The van der Waals surface area contributed by atoms with Crippen LogP contribution in [0.3, 0.4) is 0 Å². The molecule has 0 unspecified atom stereocenters. The fourth-order valence-electron chi connectivity index (χ4n) is 1.73. The van der Waals surface area contributed by atoms with Crippen molar-refractivity contribution in [2.75, 3.05) is 25.9 Å². The summed E-state index contributed by atoms with van der Waals surface area (Å²) in [7, 11) is -1.16. The molecule has 1 aliphatic carbocycles. The highest BCUT2D eigenvalue weighted by Crippen LogP contribution is 2.44. The van der Waals surface area contributed by atoms with Crippen LogP contribution in [0.2, 0.25) is 0 Å². The Bertz CT molecular complexity index is 295. The number of rotatable bonds is 7. The Morgan fingerprint density at radius 2 is 1.87 bits per heavy atom. The topological polar surface area (TPSA) is 58.2 Å². The fraction of sp³-hybridized carbons (Fsp3) is 1.00. The number of sulfonamides is 1. The lowest BCUT2D eigenvalue weighted by Gasteiger charge is -2.16. The number of nitrogens with one attached hydrogen (secondary N) is 2. The van der Waals surface area contributed by atoms with Crippen LogP contribution in [0.15, 0.2) is 0 Å². The summed E-state index contributed by atoms with van der Waals surface area (Å²) in [5.41, 5.74) is 0.193. The van der Waals surface area contributed by atoms with Crippen LogP contribution < -0.4 is 10.0 Å². The van der Waals surface area contributed by atoms with Crippen LogP contribution in [-0.2, 0) is 10.0 Å². The van der Waals surface area contributed by atoms with Crippen molar-refractivity contribution < 1.29 is 8.42 Å². The molecule has 15 heavy (non-hydrogen) atoms. The van der Waals surface area contributed by atoms with Gasteiger partial charge in [0.05, 0.1) is 5.75 Å². The first-order valence-electron chi connectivity index (χ1n) is 5.51. The molecule has 0 radical (unpaired) electrons. The van der Waals surface area contributed by atoms with Gasteiger partial charge < -0.3 is 5.32 Å². The van der Waals surface area contributed by atoms with E-state index in [0.29, 0.717) is 6.54 Å². The molecule has 0 heterocycles. The molecule has 0 atom stereocenters. The van der Waals surface area contributed by atoms with Crippen LogP contribution in [0.4, 0.5) is 0 Å². The molecule has 0 aliphatic heterocycles. The first-order valence-corrected chi connectivity index (χ1v) is 7.16. The van der Waals surface area contributed by atoms with E-state index in [1.807, 2.05) is 20.9 Å². The van der Waals surface area contributed by atoms with E-state index in [1.54, 1.807) is 0 Å². The maximum absolute atomic E-state index is 11.6. The van der Waals surface area contributed by atoms with E-state index in [4.69, 9.17) is 0 Å². The summed E-state index contributed by atoms with van der Waals surface area (Å²) < 4.78 is 25.9. The summed E-state index contributed by atoms with van der Waals surface area (Å²) in [6.07, 6.45) is 2.25. The minimum Gasteiger partial charge on any atom is -0.319 e. The van der Waals surface area contributed by atoms with E-state index in [2.05, 4.69) is 10.0 Å². The van der Waals surface area contributed by atoms with Crippen LogP contribution in [0.1, 0.15) is 26.7 Å². The van der Waals surface area contributed by atoms with Gasteiger partial charge in [-0.2, -0.15) is 0 Å². The molecule has 0 aromatic carbocycles. The zero-order valence-corrected chi connectivity index (χ0v) is 10.7. The molecule has 0 bridgehead atoms. The Morgan fingerprint density at radius 1 is 1.27 bits per heavy atom. The van der Waals surface area contributed by atoms with Crippen LogP contribution >= 0.6 is 0 Å². The van der Waals surface area contributed by atoms with Crippen molar-refractivity contribution in [1.29, 1.82) is 0 Å². The van der Waals surface area contributed by atoms with E-state index in [-0.39, 0.29) is 17.1 Å². The standard InChI is InChI=1S/C10H22N2O2S/c1-9(2)6-15(13,14)12-8-10(4-5-10)7-11-3/h9,11-12H,4-8H2,1-3H3. The van der Waals surface area contributed by atoms with Crippen molar-refractivity contribution in [3.63, 3.8) is 0 Å². The highest BCUT2D eigenvalue weighted by molar-refractivity contribution is 7.89. The van der Waals surface area contributed by atoms with Gasteiger partial charge in [0.15, 0.2) is 0 Å². The normalized spacial score (nSPS) is 19.5. The minimum absolute atomic E-state index is 0.182. The molecular formula is C10H22N2O2S. The second-order valence-corrected chi connectivity index (χ2v) is 6.88. The third kappa shape index (κ3) is 4.49. The van der Waals surface area contributed by atoms with Crippen molar-refractivity contribution >= 4 is 10.0 Å². The first kappa shape index (κ1) is 12.9. The number of hydrogen-bond donors (Lipinski definition) is 2. The van der Waals surface area contributed by atoms with Crippen molar-refractivity contribution in [3.8, 4) is 0 Å². The zero-order valence-electron chi connectivity index (χ0n) is 9.84. The van der Waals surface area contributed by atoms with Gasteiger partial charge in [-0.05, 0) is 31.2 Å². The molecule has 0 amide bonds. The molecule has 0 aromatic heterocycles. The summed E-state index contributed by atoms with van der Waals surface area (Å²) in [5.74, 6) is 0.407. The first-order chi connectivity index (χ1) is 6.89. The van der Waals surface area contributed by atoms with E-state index >= 15 is 0 Å². The lowest BCUT2D eigenvalue weighted by atomic mass is 10.1. The van der Waals surface area contributed by atoms with E-state index in [1.165, 1.54) is 0 Å². The quantitative estimate of drug-likeness (QED) is 0.677. The molecule has 2 N–H and O–H groups in total. The molecule has 0 saturated heterocycles. The third-order valence-corrected chi connectivity index (χ3v) is 4.42. The molecule has 90 valence electrons. The molecule has 1 aliphatic rings. The molecular weight excluding hydrogens is 212 g/mol. The monoisotopic (exact) mass is 234 g/mol. The fourth-order valence-corrected chi connectivity index (χ4v) is 3.25. The summed E-state index contributed by atoms with van der Waals surface area (Å²) in [4.78, 5) is 0. The van der Waals surface area contributed by atoms with E-state index in [0.717, 1.165) is 19.4 Å². The summed E-state index contributed by atoms with van der Waals surface area (Å²) >= 11 is 0. The molecule has 1 saturated carbocycles. The van der Waals surface area contributed by atoms with E-state index < -0.39 is 10.0 Å². The van der Waals surface area contributed by atoms with Crippen LogP contribution in [0, 0.1) is 11.3 Å². The highest BCUT2D eigenvalue weighted by Gasteiger charge is 2.42. The Balaban J connectivity index is 2.36. The van der Waals surface area contributed by atoms with Crippen LogP contribution in [-0.4, -0.2) is 34.3 Å². The lowest BCUT2D eigenvalue weighted by molar-refractivity contribution is 0.466. The predicted molar refractivity (Wildman–Crippen MR) is 62.2 cm³/mol. The summed E-state index contributed by atoms with van der Waals surface area (Å²) in [6, 6.07) is 0. The second kappa shape index (κ2) is 4.80. The average molecular weight is 234 g/mol. The maximum atomic E-state index is 11.6. The van der Waals surface area contributed by atoms with Crippen LogP contribution in [0.5, 0.6) is 0 Å². The lowest BCUT2D eigenvalue weighted by Crippen LogP contribution is -2.36. The third-order valence-electron chi connectivity index (χ3n) is 2.73. The van der Waals surface area contributed by atoms with Gasteiger partial charge in [0.1, 0.15) is 0 Å². The van der Waals surface area contributed by atoms with Gasteiger partial charge in [0, 0.05) is 13.1 Å². The molecule has 0 spiro atoms. The molecule has 0 aromatic rings. The van der Waals surface area contributed by atoms with Gasteiger partial charge in [-0.25, -0.2) is 13.1 Å². The largest absolute Gasteiger partial charge is 0.319 e. The highest BCUT2D eigenvalue weighted by atomic mass is 32.2. The van der Waals surface area contributed by atoms with Gasteiger partial charge >= 0.3 is 0 Å². The van der Waals surface area contributed by atoms with Crippen molar-refractivity contribution in [1.82, 2.24) is 10.0 Å². The van der Waals surface area contributed by atoms with Gasteiger partial charge in [0.25, 0.3) is 0 Å². The Hall–Kier alpha value is -0.130. The minimum atomic E-state index is -3.07. The van der Waals surface area contributed by atoms with Crippen molar-refractivity contribution in [2.45, 2.75) is 26.7 Å². The second-order valence-electron chi connectivity index (χ2n) is 5.03. The van der Waals surface area contributed by atoms with Crippen molar-refractivity contribution in [2.24, 2.45) is 11.3 Å². The summed E-state index contributed by atoms with van der Waals surface area (Å²) in [5, 5.41) is 3.11. The smallest absolute Gasteiger partial charge is 0.211 e. The van der Waals surface area contributed by atoms with Gasteiger partial charge in [0.2, 0.25) is 10.0 Å². The summed E-state index contributed by atoms with van der Waals surface area (Å²) in [6.45, 7) is 5.32. The maximum Gasteiger partial charge on any atom is 0.211 e. The Morgan fingerprint density at radius 3 is 2.27 bits per heavy atom. The SMILES string of the molecule is CNCC1(CNS(=O)(=O)CC(C)C)CC1. The average Bonchev–Trinajstić information content (AvgIpc) is 2.81. The van der Waals surface area contributed by atoms with Crippen LogP contribution in [0.25, 0.3) is 0 Å². The van der Waals surface area contributed by atoms with Gasteiger partial charge in [-0.3, -0.25) is 0 Å². The predicted octanol–water partition coefficient (Wildman–Crippen LogP) is 0.561. The number of hydrogen-bond acceptors (Lipinski definition) is 3. The molecule has 1 rings (SSSR count). The van der Waals surface area contributed by atoms with Gasteiger partial charge in [-0.15, -0.1) is 0 Å². The molecule has 5 heteroatoms. The van der Waals surface area contributed by atoms with E-state index in [9.17, 15) is 8.42 Å². The molecule has 1 fully saturated rings. The Kier molecular flexibility index (Phi) is 4.14. The Labute approximate surface area is 92.9 Å².